The van der Waals surface area contributed by atoms with Crippen molar-refractivity contribution < 1.29 is 33.6 Å². The van der Waals surface area contributed by atoms with Crippen molar-refractivity contribution in [3.05, 3.63) is 52.2 Å². The van der Waals surface area contributed by atoms with Gasteiger partial charge in [0.15, 0.2) is 0 Å². The van der Waals surface area contributed by atoms with Crippen LogP contribution in [0.3, 0.4) is 0 Å². The molecule has 0 saturated heterocycles. The van der Waals surface area contributed by atoms with Crippen molar-refractivity contribution in [1.82, 2.24) is 30.5 Å². The highest BCUT2D eigenvalue weighted by Gasteiger charge is 2.14. The third-order valence-corrected chi connectivity index (χ3v) is 6.24. The number of ether oxygens (including phenoxy) is 5. The van der Waals surface area contributed by atoms with E-state index in [1.54, 1.807) is 16.8 Å². The molecule has 1 heterocycles. The maximum atomic E-state index is 12.3. The number of amides is 2. The van der Waals surface area contributed by atoms with Crippen LogP contribution in [0, 0.1) is 0 Å². The van der Waals surface area contributed by atoms with Gasteiger partial charge >= 0.3 is 6.03 Å². The molecule has 2 aromatic rings. The summed E-state index contributed by atoms with van der Waals surface area (Å²) in [6.45, 7) is 6.42. The third-order valence-electron chi connectivity index (χ3n) is 6.24. The lowest BCUT2D eigenvalue weighted by Crippen LogP contribution is -2.45. The van der Waals surface area contributed by atoms with Gasteiger partial charge in [-0.05, 0) is 43.7 Å². The number of phenols is 1. The number of urea groups is 1. The minimum atomic E-state index is -0.232. The molecule has 2 rings (SSSR count). The summed E-state index contributed by atoms with van der Waals surface area (Å²) in [5, 5.41) is 26.9. The lowest BCUT2D eigenvalue weighted by Gasteiger charge is -2.25. The van der Waals surface area contributed by atoms with Gasteiger partial charge in [0.2, 0.25) is 0 Å². The average Bonchev–Trinajstić information content (AvgIpc) is 3.46. The topological polar surface area (TPSA) is 190 Å². The number of carbonyl (C=O) groups is 1. The van der Waals surface area contributed by atoms with E-state index in [0.717, 1.165) is 17.7 Å². The Labute approximate surface area is 258 Å². The molecule has 0 bridgehead atoms. The molecule has 16 nitrogen and oxygen atoms in total. The number of azide groups is 1. The van der Waals surface area contributed by atoms with E-state index in [9.17, 15) is 9.90 Å². The predicted octanol–water partition coefficient (Wildman–Crippen LogP) is 1.39. The van der Waals surface area contributed by atoms with Crippen molar-refractivity contribution in [1.29, 1.82) is 0 Å². The van der Waals surface area contributed by atoms with E-state index >= 15 is 0 Å². The second-order valence-electron chi connectivity index (χ2n) is 9.86. The maximum Gasteiger partial charge on any atom is 0.314 e. The lowest BCUT2D eigenvalue weighted by molar-refractivity contribution is -0.0111. The zero-order valence-electron chi connectivity index (χ0n) is 25.8. The number of rotatable bonds is 26. The minimum absolute atomic E-state index is 0.116. The number of likely N-dealkylation sites (N-methyl/N-ethyl adjacent to an activating group) is 1. The van der Waals surface area contributed by atoms with E-state index in [-0.39, 0.29) is 17.8 Å². The van der Waals surface area contributed by atoms with E-state index in [2.05, 4.69) is 35.9 Å². The van der Waals surface area contributed by atoms with Gasteiger partial charge in [-0.25, -0.2) is 9.48 Å². The Morgan fingerprint density at radius 1 is 0.955 bits per heavy atom. The first-order chi connectivity index (χ1) is 21.5. The number of hydrogen-bond donors (Lipinski definition) is 3. The number of phenolic OH excluding ortho intramolecular Hbond substituents is 1. The SMILES string of the molecule is CN(C)C(CNC(=O)NCCc1cn(CCOCCOCCOCCOCCOCCN=[N+]=[N-])nn1)Cc1ccc(O)cc1. The van der Waals surface area contributed by atoms with Crippen molar-refractivity contribution >= 4 is 6.03 Å². The Hall–Kier alpha value is -3.50. The van der Waals surface area contributed by atoms with Crippen molar-refractivity contribution in [3.8, 4) is 5.75 Å². The minimum Gasteiger partial charge on any atom is -0.508 e. The van der Waals surface area contributed by atoms with Crippen LogP contribution in [0.5, 0.6) is 5.75 Å². The molecule has 246 valence electrons. The van der Waals surface area contributed by atoms with Gasteiger partial charge in [-0.3, -0.25) is 0 Å². The number of nitrogens with one attached hydrogen (secondary N) is 2. The highest BCUT2D eigenvalue weighted by atomic mass is 16.6. The first kappa shape index (κ1) is 36.7. The van der Waals surface area contributed by atoms with Gasteiger partial charge in [-0.15, -0.1) is 5.10 Å². The Balaban J connectivity index is 1.41. The van der Waals surface area contributed by atoms with E-state index in [1.807, 2.05) is 32.4 Å². The summed E-state index contributed by atoms with van der Waals surface area (Å²) in [6.07, 6.45) is 3.16. The van der Waals surface area contributed by atoms with Gasteiger partial charge in [0, 0.05) is 43.2 Å². The molecule has 0 fully saturated rings. The molecule has 1 unspecified atom stereocenters. The third kappa shape index (κ3) is 18.2. The molecule has 2 amide bonds. The zero-order valence-corrected chi connectivity index (χ0v) is 25.8. The Kier molecular flexibility index (Phi) is 19.9. The molecule has 0 aliphatic carbocycles. The van der Waals surface area contributed by atoms with Gasteiger partial charge < -0.3 is 44.3 Å². The fraction of sp³-hybridized carbons (Fsp3) is 0.679. The second kappa shape index (κ2) is 23.9. The van der Waals surface area contributed by atoms with Crippen LogP contribution in [-0.2, 0) is 43.1 Å². The number of carbonyl (C=O) groups excluding carboxylic acids is 1. The van der Waals surface area contributed by atoms with Gasteiger partial charge in [-0.1, -0.05) is 22.5 Å². The van der Waals surface area contributed by atoms with E-state index in [1.165, 1.54) is 0 Å². The standard InChI is InChI=1S/C28H47N9O7/c1-36(2)26(21-24-3-5-27(38)6-4-24)22-31-28(39)30-8-7-25-23-37(35-33-25)10-12-41-14-16-43-18-20-44-19-17-42-15-13-40-11-9-32-34-29/h3-6,23,26,38H,7-22H2,1-2H3,(H2,30,31,39). The van der Waals surface area contributed by atoms with Gasteiger partial charge in [0.1, 0.15) is 5.75 Å². The first-order valence-corrected chi connectivity index (χ1v) is 14.7. The Bertz CT molecular complexity index is 1070. The summed E-state index contributed by atoms with van der Waals surface area (Å²) in [4.78, 5) is 17.0. The molecular weight excluding hydrogens is 574 g/mol. The Morgan fingerprint density at radius 2 is 1.55 bits per heavy atom. The predicted molar refractivity (Wildman–Crippen MR) is 163 cm³/mol. The van der Waals surface area contributed by atoms with Crippen LogP contribution in [0.1, 0.15) is 11.3 Å². The fourth-order valence-corrected chi connectivity index (χ4v) is 3.77. The number of hydrogen-bond acceptors (Lipinski definition) is 11. The summed E-state index contributed by atoms with van der Waals surface area (Å²) in [5.74, 6) is 0.237. The van der Waals surface area contributed by atoms with Crippen LogP contribution in [0.4, 0.5) is 4.79 Å². The van der Waals surface area contributed by atoms with Gasteiger partial charge in [-0.2, -0.15) is 0 Å². The fourth-order valence-electron chi connectivity index (χ4n) is 3.77. The van der Waals surface area contributed by atoms with Crippen LogP contribution in [0.25, 0.3) is 10.4 Å². The molecule has 1 aromatic heterocycles. The number of benzene rings is 1. The van der Waals surface area contributed by atoms with Crippen LogP contribution in [0.2, 0.25) is 0 Å². The monoisotopic (exact) mass is 621 g/mol. The molecular formula is C28H47N9O7. The summed E-state index contributed by atoms with van der Waals surface area (Å²) in [5.41, 5.74) is 10.0. The highest BCUT2D eigenvalue weighted by Crippen LogP contribution is 2.12. The summed E-state index contributed by atoms with van der Waals surface area (Å²) in [6, 6.07) is 6.99. The normalized spacial score (nSPS) is 11.8. The molecule has 0 radical (unpaired) electrons. The summed E-state index contributed by atoms with van der Waals surface area (Å²) in [7, 11) is 3.95. The van der Waals surface area contributed by atoms with Crippen molar-refractivity contribution in [2.75, 3.05) is 99.8 Å². The highest BCUT2D eigenvalue weighted by molar-refractivity contribution is 5.73. The molecule has 3 N–H and O–H groups in total. The van der Waals surface area contributed by atoms with E-state index in [0.29, 0.717) is 98.7 Å². The molecule has 0 spiro atoms. The summed E-state index contributed by atoms with van der Waals surface area (Å²) >= 11 is 0. The quantitative estimate of drug-likeness (QED) is 0.0599. The van der Waals surface area contributed by atoms with Crippen LogP contribution in [-0.4, -0.2) is 137 Å². The average molecular weight is 622 g/mol. The molecule has 16 heteroatoms. The number of aromatic nitrogens is 3. The lowest BCUT2D eigenvalue weighted by atomic mass is 10.1. The molecule has 0 aliphatic heterocycles. The zero-order chi connectivity index (χ0) is 31.7. The number of aromatic hydroxyl groups is 1. The molecule has 1 aromatic carbocycles. The van der Waals surface area contributed by atoms with Gasteiger partial charge in [0.05, 0.1) is 78.3 Å². The van der Waals surface area contributed by atoms with Crippen LogP contribution >= 0.6 is 0 Å². The Morgan fingerprint density at radius 3 is 2.14 bits per heavy atom. The van der Waals surface area contributed by atoms with Crippen LogP contribution in [0.15, 0.2) is 35.6 Å². The summed E-state index contributed by atoms with van der Waals surface area (Å²) < 4.78 is 28.8. The van der Waals surface area contributed by atoms with Crippen molar-refractivity contribution in [3.63, 3.8) is 0 Å². The van der Waals surface area contributed by atoms with Gasteiger partial charge in [0.25, 0.3) is 0 Å². The number of nitrogens with zero attached hydrogens (tertiary/aromatic N) is 7. The van der Waals surface area contributed by atoms with Crippen molar-refractivity contribution in [2.45, 2.75) is 25.4 Å². The second-order valence-corrected chi connectivity index (χ2v) is 9.86. The molecule has 1 atom stereocenters. The molecule has 44 heavy (non-hydrogen) atoms. The van der Waals surface area contributed by atoms with E-state index < -0.39 is 0 Å². The first-order valence-electron chi connectivity index (χ1n) is 14.7. The van der Waals surface area contributed by atoms with Crippen molar-refractivity contribution in [2.24, 2.45) is 5.11 Å². The van der Waals surface area contributed by atoms with Crippen LogP contribution < -0.4 is 10.6 Å². The van der Waals surface area contributed by atoms with E-state index in [4.69, 9.17) is 29.2 Å². The maximum absolute atomic E-state index is 12.3. The molecule has 0 saturated carbocycles. The smallest absolute Gasteiger partial charge is 0.314 e. The largest absolute Gasteiger partial charge is 0.508 e. The molecule has 0 aliphatic rings.